The molecule has 0 atom stereocenters. The number of ether oxygens (including phenoxy) is 2. The van der Waals surface area contributed by atoms with E-state index < -0.39 is 0 Å². The fraction of sp³-hybridized carbons (Fsp3) is 0.565. The maximum Gasteiger partial charge on any atom is 0.276 e. The molecule has 5 rings (SSSR count). The van der Waals surface area contributed by atoms with Crippen LogP contribution in [-0.2, 0) is 0 Å². The van der Waals surface area contributed by atoms with E-state index >= 15 is 0 Å². The molecular weight excluding hydrogens is 368 g/mol. The van der Waals surface area contributed by atoms with Crippen LogP contribution >= 0.6 is 0 Å². The van der Waals surface area contributed by atoms with Crippen LogP contribution in [-0.4, -0.2) is 34.8 Å². The topological polar surface area (TPSA) is 64.8 Å². The first kappa shape index (κ1) is 18.5. The van der Waals surface area contributed by atoms with Crippen molar-refractivity contribution >= 4 is 5.91 Å². The normalized spacial score (nSPS) is 20.0. The van der Waals surface area contributed by atoms with Crippen LogP contribution in [0.2, 0.25) is 0 Å². The van der Waals surface area contributed by atoms with E-state index in [9.17, 15) is 4.79 Å². The van der Waals surface area contributed by atoms with Gasteiger partial charge in [0, 0.05) is 23.7 Å². The van der Waals surface area contributed by atoms with Crippen molar-refractivity contribution in [3.8, 4) is 22.8 Å². The first-order valence-corrected chi connectivity index (χ1v) is 11.0. The lowest BCUT2D eigenvalue weighted by molar-refractivity contribution is 0.0438. The van der Waals surface area contributed by atoms with Crippen molar-refractivity contribution in [1.29, 1.82) is 0 Å². The molecule has 0 bridgehead atoms. The summed E-state index contributed by atoms with van der Waals surface area (Å²) in [6.45, 7) is 0.233. The highest BCUT2D eigenvalue weighted by molar-refractivity contribution is 5.93. The van der Waals surface area contributed by atoms with Gasteiger partial charge >= 0.3 is 0 Å². The van der Waals surface area contributed by atoms with Gasteiger partial charge in [0.05, 0.1) is 0 Å². The number of hydrogen-bond acceptors (Lipinski definition) is 5. The van der Waals surface area contributed by atoms with Gasteiger partial charge in [0.15, 0.2) is 23.0 Å². The van der Waals surface area contributed by atoms with Gasteiger partial charge < -0.3 is 18.9 Å². The molecule has 6 nitrogen and oxygen atoms in total. The number of carbonyl (C=O) groups is 1. The Hall–Kier alpha value is -2.50. The number of fused-ring (bicyclic) bond motifs is 1. The van der Waals surface area contributed by atoms with E-state index in [-0.39, 0.29) is 12.7 Å². The Balaban J connectivity index is 1.40. The fourth-order valence-corrected chi connectivity index (χ4v) is 5.04. The minimum Gasteiger partial charge on any atom is -0.454 e. The number of aromatic nitrogens is 1. The monoisotopic (exact) mass is 396 g/mol. The molecular formula is C23H28N2O4. The smallest absolute Gasteiger partial charge is 0.276 e. The van der Waals surface area contributed by atoms with Crippen LogP contribution in [0.3, 0.4) is 0 Å². The van der Waals surface area contributed by atoms with Gasteiger partial charge in [-0.3, -0.25) is 4.79 Å². The largest absolute Gasteiger partial charge is 0.454 e. The predicted octanol–water partition coefficient (Wildman–Crippen LogP) is 5.18. The zero-order valence-electron chi connectivity index (χ0n) is 16.8. The van der Waals surface area contributed by atoms with E-state index in [1.165, 1.54) is 38.5 Å². The number of carbonyl (C=O) groups excluding carboxylic acids is 1. The Labute approximate surface area is 171 Å². The molecule has 154 valence electrons. The number of hydrogen-bond donors (Lipinski definition) is 0. The first-order chi connectivity index (χ1) is 14.3. The zero-order valence-corrected chi connectivity index (χ0v) is 16.8. The van der Waals surface area contributed by atoms with Gasteiger partial charge in [-0.05, 0) is 43.9 Å². The Morgan fingerprint density at radius 2 is 1.52 bits per heavy atom. The first-order valence-electron chi connectivity index (χ1n) is 11.0. The van der Waals surface area contributed by atoms with E-state index in [2.05, 4.69) is 10.1 Å². The standard InChI is InChI=1S/C23H28N2O4/c26-23(25(17-7-3-1-4-8-17)18-9-5-2-6-10-18)19-14-21(29-24-19)16-11-12-20-22(13-16)28-15-27-20/h11-14,17-18H,1-10,15H2. The van der Waals surface area contributed by atoms with Gasteiger partial charge in [-0.15, -0.1) is 0 Å². The van der Waals surface area contributed by atoms with Gasteiger partial charge in [-0.1, -0.05) is 43.7 Å². The summed E-state index contributed by atoms with van der Waals surface area (Å²) in [6.07, 6.45) is 11.8. The zero-order chi connectivity index (χ0) is 19.6. The lowest BCUT2D eigenvalue weighted by Crippen LogP contribution is -2.48. The second-order valence-corrected chi connectivity index (χ2v) is 8.44. The molecule has 2 saturated carbocycles. The number of rotatable bonds is 4. The molecule has 0 saturated heterocycles. The molecule has 0 N–H and O–H groups in total. The molecule has 1 aromatic heterocycles. The summed E-state index contributed by atoms with van der Waals surface area (Å²) < 4.78 is 16.4. The van der Waals surface area contributed by atoms with Crippen LogP contribution in [0.1, 0.15) is 74.7 Å². The molecule has 6 heteroatoms. The van der Waals surface area contributed by atoms with Crippen LogP contribution in [0, 0.1) is 0 Å². The third-order valence-corrected chi connectivity index (χ3v) is 6.56. The predicted molar refractivity (Wildman–Crippen MR) is 108 cm³/mol. The minimum absolute atomic E-state index is 0.0274. The van der Waals surface area contributed by atoms with Crippen molar-refractivity contribution < 1.29 is 18.8 Å². The lowest BCUT2D eigenvalue weighted by atomic mass is 9.88. The Bertz CT molecular complexity index is 848. The second kappa shape index (κ2) is 8.09. The van der Waals surface area contributed by atoms with E-state index in [0.29, 0.717) is 29.3 Å². The molecule has 1 aliphatic heterocycles. The van der Waals surface area contributed by atoms with Crippen LogP contribution in [0.5, 0.6) is 11.5 Å². The maximum absolute atomic E-state index is 13.5. The molecule has 29 heavy (non-hydrogen) atoms. The van der Waals surface area contributed by atoms with Gasteiger partial charge in [0.1, 0.15) is 0 Å². The van der Waals surface area contributed by atoms with Crippen LogP contribution in [0.4, 0.5) is 0 Å². The van der Waals surface area contributed by atoms with Gasteiger partial charge in [-0.2, -0.15) is 0 Å². The maximum atomic E-state index is 13.5. The highest BCUT2D eigenvalue weighted by atomic mass is 16.7. The summed E-state index contributed by atoms with van der Waals surface area (Å²) in [5, 5.41) is 4.16. The van der Waals surface area contributed by atoms with Gasteiger partial charge in [0.25, 0.3) is 5.91 Å². The van der Waals surface area contributed by atoms with E-state index in [0.717, 1.165) is 37.0 Å². The highest BCUT2D eigenvalue weighted by Crippen LogP contribution is 2.37. The van der Waals surface area contributed by atoms with Crippen LogP contribution < -0.4 is 9.47 Å². The number of amides is 1. The third kappa shape index (κ3) is 3.72. The SMILES string of the molecule is O=C(c1cc(-c2ccc3c(c2)OCO3)on1)N(C1CCCCC1)C1CCCCC1. The molecule has 2 fully saturated rings. The number of benzene rings is 1. The molecule has 1 aromatic carbocycles. The van der Waals surface area contributed by atoms with Crippen molar-refractivity contribution in [3.05, 3.63) is 30.0 Å². The molecule has 0 unspecified atom stereocenters. The van der Waals surface area contributed by atoms with Crippen LogP contribution in [0.15, 0.2) is 28.8 Å². The van der Waals surface area contributed by atoms with Crippen molar-refractivity contribution in [2.45, 2.75) is 76.3 Å². The van der Waals surface area contributed by atoms with Crippen molar-refractivity contribution in [3.63, 3.8) is 0 Å². The highest BCUT2D eigenvalue weighted by Gasteiger charge is 2.34. The van der Waals surface area contributed by atoms with E-state index in [4.69, 9.17) is 14.0 Å². The summed E-state index contributed by atoms with van der Waals surface area (Å²) >= 11 is 0. The molecule has 3 aliphatic rings. The molecule has 2 aliphatic carbocycles. The second-order valence-electron chi connectivity index (χ2n) is 8.44. The average molecular weight is 396 g/mol. The molecule has 0 spiro atoms. The molecule has 1 amide bonds. The Kier molecular flexibility index (Phi) is 5.17. The average Bonchev–Trinajstić information content (AvgIpc) is 3.44. The summed E-state index contributed by atoms with van der Waals surface area (Å²) in [4.78, 5) is 15.7. The quantitative estimate of drug-likeness (QED) is 0.713. The van der Waals surface area contributed by atoms with E-state index in [1.54, 1.807) is 6.07 Å². The fourth-order valence-electron chi connectivity index (χ4n) is 5.04. The molecule has 2 aromatic rings. The summed E-state index contributed by atoms with van der Waals surface area (Å²) in [7, 11) is 0. The summed E-state index contributed by atoms with van der Waals surface area (Å²) in [5.41, 5.74) is 1.25. The summed E-state index contributed by atoms with van der Waals surface area (Å²) in [5.74, 6) is 2.03. The Morgan fingerprint density at radius 1 is 0.862 bits per heavy atom. The van der Waals surface area contributed by atoms with Crippen molar-refractivity contribution in [1.82, 2.24) is 10.1 Å². The van der Waals surface area contributed by atoms with Crippen molar-refractivity contribution in [2.75, 3.05) is 6.79 Å². The van der Waals surface area contributed by atoms with Gasteiger partial charge in [-0.25, -0.2) is 0 Å². The minimum atomic E-state index is 0.0274. The summed E-state index contributed by atoms with van der Waals surface area (Å²) in [6, 6.07) is 8.09. The van der Waals surface area contributed by atoms with Crippen LogP contribution in [0.25, 0.3) is 11.3 Å². The molecule has 2 heterocycles. The lowest BCUT2D eigenvalue weighted by Gasteiger charge is -2.41. The third-order valence-electron chi connectivity index (χ3n) is 6.56. The van der Waals surface area contributed by atoms with Crippen molar-refractivity contribution in [2.24, 2.45) is 0 Å². The molecule has 0 radical (unpaired) electrons. The Morgan fingerprint density at radius 3 is 2.21 bits per heavy atom. The number of nitrogens with zero attached hydrogens (tertiary/aromatic N) is 2. The van der Waals surface area contributed by atoms with Gasteiger partial charge in [0.2, 0.25) is 6.79 Å². The van der Waals surface area contributed by atoms with E-state index in [1.807, 2.05) is 18.2 Å².